The molecule has 0 aliphatic carbocycles. The van der Waals surface area contributed by atoms with Gasteiger partial charge in [-0.1, -0.05) is 17.3 Å². The molecular formula is C14H17N3O3. The van der Waals surface area contributed by atoms with Gasteiger partial charge in [0, 0.05) is 33.1 Å². The first-order valence-corrected chi connectivity index (χ1v) is 6.29. The number of nitrogens with one attached hydrogen (secondary N) is 1. The minimum Gasteiger partial charge on any atom is -0.382 e. The largest absolute Gasteiger partial charge is 0.382 e. The lowest BCUT2D eigenvalue weighted by molar-refractivity contribution is -0.139. The molecule has 106 valence electrons. The minimum absolute atomic E-state index is 0.0985. The van der Waals surface area contributed by atoms with Crippen LogP contribution in [0.5, 0.6) is 0 Å². The first-order chi connectivity index (χ1) is 9.47. The maximum Gasteiger partial charge on any atom is 0.266 e. The van der Waals surface area contributed by atoms with E-state index >= 15 is 0 Å². The average molecular weight is 275 g/mol. The van der Waals surface area contributed by atoms with Crippen LogP contribution >= 0.6 is 0 Å². The summed E-state index contributed by atoms with van der Waals surface area (Å²) in [6.45, 7) is 1.46. The van der Waals surface area contributed by atoms with E-state index in [-0.39, 0.29) is 11.8 Å². The quantitative estimate of drug-likeness (QED) is 0.901. The van der Waals surface area contributed by atoms with Gasteiger partial charge in [0.1, 0.15) is 0 Å². The number of carbonyl (C=O) groups excluding carboxylic acids is 2. The summed E-state index contributed by atoms with van der Waals surface area (Å²) in [6, 6.07) is 7.27. The van der Waals surface area contributed by atoms with Gasteiger partial charge in [0.15, 0.2) is 0 Å². The summed E-state index contributed by atoms with van der Waals surface area (Å²) < 4.78 is 0. The number of anilines is 1. The molecule has 1 heterocycles. The van der Waals surface area contributed by atoms with Crippen LogP contribution in [0.15, 0.2) is 29.4 Å². The summed E-state index contributed by atoms with van der Waals surface area (Å²) in [7, 11) is 3.37. The van der Waals surface area contributed by atoms with Crippen molar-refractivity contribution in [2.24, 2.45) is 5.16 Å². The Kier molecular flexibility index (Phi) is 4.02. The highest BCUT2D eigenvalue weighted by atomic mass is 16.6. The van der Waals surface area contributed by atoms with Crippen LogP contribution in [0.3, 0.4) is 0 Å². The Balaban J connectivity index is 2.03. The second-order valence-electron chi connectivity index (χ2n) is 4.83. The zero-order valence-corrected chi connectivity index (χ0v) is 11.7. The molecule has 1 aromatic rings. The molecular weight excluding hydrogens is 258 g/mol. The van der Waals surface area contributed by atoms with E-state index in [1.165, 1.54) is 11.8 Å². The predicted molar refractivity (Wildman–Crippen MR) is 75.5 cm³/mol. The molecule has 1 N–H and O–H groups in total. The van der Waals surface area contributed by atoms with Gasteiger partial charge < -0.3 is 15.1 Å². The second-order valence-corrected chi connectivity index (χ2v) is 4.83. The van der Waals surface area contributed by atoms with E-state index in [2.05, 4.69) is 10.5 Å². The number of oxime groups is 1. The van der Waals surface area contributed by atoms with Gasteiger partial charge in [0.25, 0.3) is 5.91 Å². The van der Waals surface area contributed by atoms with Gasteiger partial charge in [-0.3, -0.25) is 9.59 Å². The van der Waals surface area contributed by atoms with Gasteiger partial charge in [-0.15, -0.1) is 0 Å². The maximum atomic E-state index is 11.8. The second kappa shape index (κ2) is 5.73. The maximum absolute atomic E-state index is 11.8. The smallest absolute Gasteiger partial charge is 0.266 e. The first kappa shape index (κ1) is 14.0. The Morgan fingerprint density at radius 2 is 1.95 bits per heavy atom. The lowest BCUT2D eigenvalue weighted by Gasteiger charge is -2.13. The third kappa shape index (κ3) is 3.14. The fraction of sp³-hybridized carbons (Fsp3) is 0.357. The molecule has 20 heavy (non-hydrogen) atoms. The van der Waals surface area contributed by atoms with Gasteiger partial charge >= 0.3 is 0 Å². The molecule has 6 heteroatoms. The molecule has 0 saturated carbocycles. The SMILES string of the molecule is CC(=O)Nc1ccc(C2=NO[C@@H](C(=O)N(C)C)C2)cc1. The lowest BCUT2D eigenvalue weighted by atomic mass is 10.0. The molecule has 2 amide bonds. The molecule has 0 radical (unpaired) electrons. The predicted octanol–water partition coefficient (Wildman–Crippen LogP) is 1.23. The minimum atomic E-state index is -0.546. The van der Waals surface area contributed by atoms with E-state index in [1.807, 2.05) is 12.1 Å². The van der Waals surface area contributed by atoms with Gasteiger partial charge in [0.05, 0.1) is 5.71 Å². The Morgan fingerprint density at radius 1 is 1.30 bits per heavy atom. The highest BCUT2D eigenvalue weighted by Crippen LogP contribution is 2.19. The molecule has 0 aromatic heterocycles. The number of nitrogens with zero attached hydrogens (tertiary/aromatic N) is 2. The van der Waals surface area contributed by atoms with Crippen molar-refractivity contribution in [2.75, 3.05) is 19.4 Å². The third-order valence-corrected chi connectivity index (χ3v) is 2.92. The van der Waals surface area contributed by atoms with Crippen LogP contribution in [0.2, 0.25) is 0 Å². The summed E-state index contributed by atoms with van der Waals surface area (Å²) >= 11 is 0. The van der Waals surface area contributed by atoms with Crippen molar-refractivity contribution in [3.63, 3.8) is 0 Å². The highest BCUT2D eigenvalue weighted by Gasteiger charge is 2.29. The number of rotatable bonds is 3. The van der Waals surface area contributed by atoms with Crippen molar-refractivity contribution in [1.29, 1.82) is 0 Å². The number of amides is 2. The number of hydrogen-bond donors (Lipinski definition) is 1. The zero-order valence-electron chi connectivity index (χ0n) is 11.7. The zero-order chi connectivity index (χ0) is 14.7. The van der Waals surface area contributed by atoms with Crippen LogP contribution < -0.4 is 5.32 Å². The molecule has 0 fully saturated rings. The Labute approximate surface area is 117 Å². The van der Waals surface area contributed by atoms with Crippen LogP contribution in [0.25, 0.3) is 0 Å². The molecule has 0 spiro atoms. The molecule has 1 aliphatic heterocycles. The molecule has 2 rings (SSSR count). The van der Waals surface area contributed by atoms with Crippen molar-refractivity contribution in [3.05, 3.63) is 29.8 Å². The third-order valence-electron chi connectivity index (χ3n) is 2.92. The van der Waals surface area contributed by atoms with Crippen molar-refractivity contribution >= 4 is 23.2 Å². The fourth-order valence-electron chi connectivity index (χ4n) is 1.92. The van der Waals surface area contributed by atoms with E-state index in [9.17, 15) is 9.59 Å². The first-order valence-electron chi connectivity index (χ1n) is 6.29. The standard InChI is InChI=1S/C14H17N3O3/c1-9(18)15-11-6-4-10(5-7-11)12-8-13(20-16-12)14(19)17(2)3/h4-7,13H,8H2,1-3H3,(H,15,18)/t13-/m1/s1. The van der Waals surface area contributed by atoms with Crippen molar-refractivity contribution in [1.82, 2.24) is 4.90 Å². The number of benzene rings is 1. The summed E-state index contributed by atoms with van der Waals surface area (Å²) in [5.41, 5.74) is 2.34. The number of hydrogen-bond acceptors (Lipinski definition) is 4. The van der Waals surface area contributed by atoms with Gasteiger partial charge in [-0.2, -0.15) is 0 Å². The Morgan fingerprint density at radius 3 is 2.50 bits per heavy atom. The summed E-state index contributed by atoms with van der Waals surface area (Å²) in [5.74, 6) is -0.213. The highest BCUT2D eigenvalue weighted by molar-refractivity contribution is 6.04. The molecule has 1 atom stereocenters. The van der Waals surface area contributed by atoms with Gasteiger partial charge in [0.2, 0.25) is 12.0 Å². The summed E-state index contributed by atoms with van der Waals surface area (Å²) in [4.78, 5) is 29.4. The van der Waals surface area contributed by atoms with Crippen LogP contribution in [0.1, 0.15) is 18.9 Å². The number of carbonyl (C=O) groups is 2. The summed E-state index contributed by atoms with van der Waals surface area (Å²) in [6.07, 6.45) is -0.0914. The molecule has 0 unspecified atom stereocenters. The van der Waals surface area contributed by atoms with Crippen LogP contribution in [-0.2, 0) is 14.4 Å². The van der Waals surface area contributed by atoms with E-state index in [0.29, 0.717) is 6.42 Å². The topological polar surface area (TPSA) is 71.0 Å². The molecule has 1 aliphatic rings. The van der Waals surface area contributed by atoms with E-state index < -0.39 is 6.10 Å². The monoisotopic (exact) mass is 275 g/mol. The summed E-state index contributed by atoms with van der Waals surface area (Å²) in [5, 5.41) is 6.66. The Hall–Kier alpha value is -2.37. The number of likely N-dealkylation sites (N-methyl/N-ethyl adjacent to an activating group) is 1. The normalized spacial score (nSPS) is 17.1. The van der Waals surface area contributed by atoms with Gasteiger partial charge in [-0.05, 0) is 17.7 Å². The van der Waals surface area contributed by atoms with Crippen molar-refractivity contribution in [2.45, 2.75) is 19.4 Å². The van der Waals surface area contributed by atoms with Crippen molar-refractivity contribution in [3.8, 4) is 0 Å². The fourth-order valence-corrected chi connectivity index (χ4v) is 1.92. The van der Waals surface area contributed by atoms with Crippen LogP contribution in [0.4, 0.5) is 5.69 Å². The lowest BCUT2D eigenvalue weighted by Crippen LogP contribution is -2.33. The van der Waals surface area contributed by atoms with Gasteiger partial charge in [-0.25, -0.2) is 0 Å². The molecule has 0 saturated heterocycles. The van der Waals surface area contributed by atoms with Crippen molar-refractivity contribution < 1.29 is 14.4 Å². The molecule has 6 nitrogen and oxygen atoms in total. The van der Waals surface area contributed by atoms with E-state index in [4.69, 9.17) is 4.84 Å². The van der Waals surface area contributed by atoms with Crippen LogP contribution in [-0.4, -0.2) is 42.6 Å². The molecule has 0 bridgehead atoms. The van der Waals surface area contributed by atoms with E-state index in [1.54, 1.807) is 26.2 Å². The van der Waals surface area contributed by atoms with E-state index in [0.717, 1.165) is 17.0 Å². The molecule has 1 aromatic carbocycles. The van der Waals surface area contributed by atoms with Crippen LogP contribution in [0, 0.1) is 0 Å². The average Bonchev–Trinajstić information content (AvgIpc) is 2.87. The Bertz CT molecular complexity index is 549.